The Morgan fingerprint density at radius 1 is 1.30 bits per heavy atom. The number of thiophene rings is 1. The van der Waals surface area contributed by atoms with Gasteiger partial charge in [-0.05, 0) is 32.4 Å². The van der Waals surface area contributed by atoms with E-state index < -0.39 is 0 Å². The van der Waals surface area contributed by atoms with Crippen LogP contribution in [0.2, 0.25) is 0 Å². The molecule has 23 heavy (non-hydrogen) atoms. The molecule has 0 bridgehead atoms. The van der Waals surface area contributed by atoms with Crippen LogP contribution in [-0.2, 0) is 11.2 Å². The third-order valence-electron chi connectivity index (χ3n) is 3.95. The largest absolute Gasteiger partial charge is 0.379 e. The first-order chi connectivity index (χ1) is 10.8. The fourth-order valence-corrected chi connectivity index (χ4v) is 3.73. The molecule has 3 heterocycles. The number of nitrogens with zero attached hydrogens (tertiary/aromatic N) is 3. The zero-order chi connectivity index (χ0) is 15.4. The average Bonchev–Trinajstić information content (AvgIpc) is 2.95. The van der Waals surface area contributed by atoms with E-state index >= 15 is 0 Å². The first-order valence-electron chi connectivity index (χ1n) is 8.07. The Balaban J connectivity index is 0.00000192. The van der Waals surface area contributed by atoms with Gasteiger partial charge in [-0.3, -0.25) is 4.90 Å². The molecule has 2 aromatic rings. The van der Waals surface area contributed by atoms with E-state index in [1.54, 1.807) is 11.3 Å². The molecule has 1 N–H and O–H groups in total. The molecule has 0 saturated carbocycles. The third-order valence-corrected chi connectivity index (χ3v) is 5.12. The topological polar surface area (TPSA) is 50.3 Å². The predicted molar refractivity (Wildman–Crippen MR) is 99.1 cm³/mol. The number of rotatable bonds is 6. The summed E-state index contributed by atoms with van der Waals surface area (Å²) in [5.74, 6) is 1.83. The van der Waals surface area contributed by atoms with E-state index in [9.17, 15) is 0 Å². The van der Waals surface area contributed by atoms with Crippen molar-refractivity contribution in [2.45, 2.75) is 26.7 Å². The van der Waals surface area contributed by atoms with Crippen LogP contribution in [0.5, 0.6) is 0 Å². The van der Waals surface area contributed by atoms with Gasteiger partial charge in [-0.15, -0.1) is 23.7 Å². The molecule has 3 rings (SSSR count). The fraction of sp³-hybridized carbons (Fsp3) is 0.625. The summed E-state index contributed by atoms with van der Waals surface area (Å²) in [7, 11) is 0. The molecule has 1 aliphatic heterocycles. The van der Waals surface area contributed by atoms with Gasteiger partial charge < -0.3 is 10.1 Å². The molecular formula is C16H25ClN4OS. The van der Waals surface area contributed by atoms with E-state index in [0.29, 0.717) is 0 Å². The zero-order valence-corrected chi connectivity index (χ0v) is 15.4. The van der Waals surface area contributed by atoms with Crippen molar-refractivity contribution in [3.63, 3.8) is 0 Å². The summed E-state index contributed by atoms with van der Waals surface area (Å²) >= 11 is 1.77. The Hall–Kier alpha value is -0.950. The molecule has 0 aliphatic carbocycles. The molecule has 1 aliphatic rings. The van der Waals surface area contributed by atoms with Gasteiger partial charge in [0.05, 0.1) is 18.6 Å². The average molecular weight is 357 g/mol. The van der Waals surface area contributed by atoms with Crippen LogP contribution in [0.25, 0.3) is 10.2 Å². The second-order valence-electron chi connectivity index (χ2n) is 5.64. The Bertz CT molecular complexity index is 628. The van der Waals surface area contributed by atoms with Gasteiger partial charge in [0.2, 0.25) is 0 Å². The Kier molecular flexibility index (Phi) is 7.02. The van der Waals surface area contributed by atoms with Crippen LogP contribution >= 0.6 is 23.7 Å². The highest BCUT2D eigenvalue weighted by atomic mass is 35.5. The number of aryl methyl sites for hydroxylation is 2. The summed E-state index contributed by atoms with van der Waals surface area (Å²) in [6.45, 7) is 10.1. The third kappa shape index (κ3) is 4.76. The zero-order valence-electron chi connectivity index (χ0n) is 13.8. The summed E-state index contributed by atoms with van der Waals surface area (Å²) < 4.78 is 5.38. The number of hydrogen-bond donors (Lipinski definition) is 1. The van der Waals surface area contributed by atoms with E-state index in [2.05, 4.69) is 33.2 Å². The molecule has 0 amide bonds. The van der Waals surface area contributed by atoms with Crippen molar-refractivity contribution < 1.29 is 4.74 Å². The SMILES string of the molecule is CCc1cc2c(NCCCN3CCOCC3)nc(C)nc2s1.Cl. The van der Waals surface area contributed by atoms with Crippen molar-refractivity contribution in [1.82, 2.24) is 14.9 Å². The van der Waals surface area contributed by atoms with Gasteiger partial charge in [0.1, 0.15) is 16.5 Å². The van der Waals surface area contributed by atoms with Crippen molar-refractivity contribution in [2.24, 2.45) is 0 Å². The number of ether oxygens (including phenoxy) is 1. The molecule has 5 nitrogen and oxygen atoms in total. The number of halogens is 1. The lowest BCUT2D eigenvalue weighted by atomic mass is 10.3. The normalized spacial score (nSPS) is 15.6. The predicted octanol–water partition coefficient (Wildman–Crippen LogP) is 3.12. The van der Waals surface area contributed by atoms with Crippen LogP contribution in [0, 0.1) is 6.92 Å². The van der Waals surface area contributed by atoms with Gasteiger partial charge in [-0.2, -0.15) is 0 Å². The molecule has 1 saturated heterocycles. The number of morpholine rings is 1. The summed E-state index contributed by atoms with van der Waals surface area (Å²) in [6.07, 6.45) is 2.17. The Morgan fingerprint density at radius 2 is 2.09 bits per heavy atom. The second kappa shape index (κ2) is 8.78. The second-order valence-corrected chi connectivity index (χ2v) is 6.75. The quantitative estimate of drug-likeness (QED) is 0.806. The maximum atomic E-state index is 5.38. The Labute approximate surface area is 147 Å². The molecule has 0 atom stereocenters. The van der Waals surface area contributed by atoms with Crippen molar-refractivity contribution in [3.8, 4) is 0 Å². The van der Waals surface area contributed by atoms with Crippen LogP contribution in [0.15, 0.2) is 6.07 Å². The number of anilines is 1. The number of aromatic nitrogens is 2. The van der Waals surface area contributed by atoms with E-state index in [1.807, 2.05) is 6.92 Å². The van der Waals surface area contributed by atoms with E-state index in [4.69, 9.17) is 4.74 Å². The smallest absolute Gasteiger partial charge is 0.138 e. The van der Waals surface area contributed by atoms with Crippen LogP contribution in [0.4, 0.5) is 5.82 Å². The van der Waals surface area contributed by atoms with Crippen molar-refractivity contribution >= 4 is 39.8 Å². The van der Waals surface area contributed by atoms with Crippen molar-refractivity contribution in [3.05, 3.63) is 16.8 Å². The molecule has 2 aromatic heterocycles. The van der Waals surface area contributed by atoms with Crippen LogP contribution in [0.1, 0.15) is 24.0 Å². The first kappa shape index (κ1) is 18.4. The Morgan fingerprint density at radius 3 is 2.83 bits per heavy atom. The molecule has 128 valence electrons. The molecule has 7 heteroatoms. The van der Waals surface area contributed by atoms with Crippen LogP contribution in [-0.4, -0.2) is 54.3 Å². The van der Waals surface area contributed by atoms with E-state index in [1.165, 1.54) is 10.3 Å². The maximum absolute atomic E-state index is 5.38. The van der Waals surface area contributed by atoms with E-state index in [-0.39, 0.29) is 12.4 Å². The maximum Gasteiger partial charge on any atom is 0.138 e. The highest BCUT2D eigenvalue weighted by Crippen LogP contribution is 2.29. The summed E-state index contributed by atoms with van der Waals surface area (Å²) in [4.78, 5) is 14.1. The minimum atomic E-state index is 0. The molecule has 0 unspecified atom stereocenters. The van der Waals surface area contributed by atoms with Gasteiger partial charge in [0.15, 0.2) is 0 Å². The minimum absolute atomic E-state index is 0. The van der Waals surface area contributed by atoms with Gasteiger partial charge >= 0.3 is 0 Å². The highest BCUT2D eigenvalue weighted by Gasteiger charge is 2.11. The fourth-order valence-electron chi connectivity index (χ4n) is 2.72. The highest BCUT2D eigenvalue weighted by molar-refractivity contribution is 7.18. The van der Waals surface area contributed by atoms with Crippen molar-refractivity contribution in [2.75, 3.05) is 44.7 Å². The lowest BCUT2D eigenvalue weighted by Crippen LogP contribution is -2.37. The van der Waals surface area contributed by atoms with Crippen molar-refractivity contribution in [1.29, 1.82) is 0 Å². The molecule has 1 fully saturated rings. The lowest BCUT2D eigenvalue weighted by Gasteiger charge is -2.26. The van der Waals surface area contributed by atoms with Gasteiger partial charge in [-0.1, -0.05) is 6.92 Å². The minimum Gasteiger partial charge on any atom is -0.379 e. The number of hydrogen-bond acceptors (Lipinski definition) is 6. The van der Waals surface area contributed by atoms with Gasteiger partial charge in [0, 0.05) is 24.5 Å². The molecular weight excluding hydrogens is 332 g/mol. The standard InChI is InChI=1S/C16H24N4OS.ClH/c1-3-13-11-14-15(18-12(2)19-16(14)22-13)17-5-4-6-20-7-9-21-10-8-20;/h11H,3-10H2,1-2H3,(H,17,18,19);1H. The lowest BCUT2D eigenvalue weighted by molar-refractivity contribution is 0.0378. The van der Waals surface area contributed by atoms with Crippen LogP contribution in [0.3, 0.4) is 0 Å². The summed E-state index contributed by atoms with van der Waals surface area (Å²) in [6, 6.07) is 2.23. The van der Waals surface area contributed by atoms with Gasteiger partial charge in [0.25, 0.3) is 0 Å². The number of nitrogens with one attached hydrogen (secondary N) is 1. The summed E-state index contributed by atoms with van der Waals surface area (Å²) in [5, 5.41) is 4.67. The van der Waals surface area contributed by atoms with Gasteiger partial charge in [-0.25, -0.2) is 9.97 Å². The van der Waals surface area contributed by atoms with Crippen LogP contribution < -0.4 is 5.32 Å². The molecule has 0 spiro atoms. The summed E-state index contributed by atoms with van der Waals surface area (Å²) in [5.41, 5.74) is 0. The first-order valence-corrected chi connectivity index (χ1v) is 8.89. The monoisotopic (exact) mass is 356 g/mol. The van der Waals surface area contributed by atoms with E-state index in [0.717, 1.165) is 68.7 Å². The molecule has 0 radical (unpaired) electrons. The number of fused-ring (bicyclic) bond motifs is 1. The molecule has 0 aromatic carbocycles.